The van der Waals surface area contributed by atoms with Gasteiger partial charge in [-0.3, -0.25) is 4.79 Å². The van der Waals surface area contributed by atoms with Crippen LogP contribution in [0.1, 0.15) is 0 Å². The van der Waals surface area contributed by atoms with Crippen molar-refractivity contribution < 1.29 is 8.78 Å². The molecule has 1 heterocycles. The highest BCUT2D eigenvalue weighted by Gasteiger charge is 2.17. The fourth-order valence-electron chi connectivity index (χ4n) is 1.15. The molecular weight excluding hydrogens is 263 g/mol. The summed E-state index contributed by atoms with van der Waals surface area (Å²) in [6.45, 7) is -0.426. The summed E-state index contributed by atoms with van der Waals surface area (Å²) in [6.07, 6.45) is -1.45. The summed E-state index contributed by atoms with van der Waals surface area (Å²) in [6, 6.07) is 0. The minimum atomic E-state index is -2.56. The molecule has 0 atom stereocenters. The minimum absolute atomic E-state index is 0.0198. The molecule has 4 nitrogen and oxygen atoms in total. The van der Waals surface area contributed by atoms with Crippen molar-refractivity contribution in [1.82, 2.24) is 9.97 Å². The molecule has 1 rings (SSSR count). The normalized spacial score (nSPS) is 10.8. The van der Waals surface area contributed by atoms with Crippen molar-refractivity contribution in [1.29, 1.82) is 0 Å². The first-order valence-corrected chi connectivity index (χ1v) is 5.29. The van der Waals surface area contributed by atoms with Crippen LogP contribution in [0, 0.1) is 0 Å². The van der Waals surface area contributed by atoms with E-state index in [1.54, 1.807) is 0 Å². The number of hydrogen-bond acceptors (Lipinski definition) is 3. The summed E-state index contributed by atoms with van der Waals surface area (Å²) in [7, 11) is 0. The van der Waals surface area contributed by atoms with Gasteiger partial charge in [0.2, 0.25) is 0 Å². The summed E-state index contributed by atoms with van der Waals surface area (Å²) in [5.41, 5.74) is -0.569. The van der Waals surface area contributed by atoms with Gasteiger partial charge < -0.3 is 9.88 Å². The SMILES string of the molecule is O=c1[nH]cnc(N(CCCl)CC(F)F)c1Cl. The van der Waals surface area contributed by atoms with Crippen LogP contribution in [-0.4, -0.2) is 35.4 Å². The molecule has 0 aromatic carbocycles. The molecule has 1 N–H and O–H groups in total. The Labute approximate surface area is 100 Å². The second-order valence-electron chi connectivity index (χ2n) is 2.90. The van der Waals surface area contributed by atoms with Crippen molar-refractivity contribution in [3.63, 3.8) is 0 Å². The van der Waals surface area contributed by atoms with Gasteiger partial charge in [0.15, 0.2) is 5.82 Å². The van der Waals surface area contributed by atoms with Gasteiger partial charge in [0.1, 0.15) is 5.02 Å². The third-order valence-electron chi connectivity index (χ3n) is 1.79. The van der Waals surface area contributed by atoms with E-state index in [9.17, 15) is 13.6 Å². The predicted octanol–water partition coefficient (Wildman–Crippen LogP) is 1.73. The lowest BCUT2D eigenvalue weighted by molar-refractivity contribution is 0.155. The summed E-state index contributed by atoms with van der Waals surface area (Å²) in [5, 5.41) is -0.215. The highest BCUT2D eigenvalue weighted by atomic mass is 35.5. The van der Waals surface area contributed by atoms with Crippen LogP contribution >= 0.6 is 23.2 Å². The first kappa shape index (κ1) is 13.2. The van der Waals surface area contributed by atoms with E-state index in [1.165, 1.54) is 4.90 Å². The van der Waals surface area contributed by atoms with E-state index in [2.05, 4.69) is 9.97 Å². The van der Waals surface area contributed by atoms with E-state index < -0.39 is 18.5 Å². The van der Waals surface area contributed by atoms with Crippen molar-refractivity contribution in [3.05, 3.63) is 21.7 Å². The third-order valence-corrected chi connectivity index (χ3v) is 2.30. The second-order valence-corrected chi connectivity index (χ2v) is 3.65. The molecule has 1 aromatic rings. The highest BCUT2D eigenvalue weighted by Crippen LogP contribution is 2.19. The number of hydrogen-bond donors (Lipinski definition) is 1. The molecule has 16 heavy (non-hydrogen) atoms. The highest BCUT2D eigenvalue weighted by molar-refractivity contribution is 6.32. The molecule has 0 saturated carbocycles. The maximum absolute atomic E-state index is 12.3. The fourth-order valence-corrected chi connectivity index (χ4v) is 1.57. The number of rotatable bonds is 5. The van der Waals surface area contributed by atoms with E-state index in [1.807, 2.05) is 0 Å². The maximum Gasteiger partial charge on any atom is 0.271 e. The van der Waals surface area contributed by atoms with Crippen LogP contribution < -0.4 is 10.5 Å². The molecule has 8 heteroatoms. The number of alkyl halides is 3. The Morgan fingerprint density at radius 2 is 2.25 bits per heavy atom. The van der Waals surface area contributed by atoms with E-state index >= 15 is 0 Å². The molecule has 0 aliphatic rings. The van der Waals surface area contributed by atoms with Gasteiger partial charge in [0.05, 0.1) is 12.9 Å². The number of aromatic amines is 1. The maximum atomic E-state index is 12.3. The Kier molecular flexibility index (Phi) is 4.95. The zero-order valence-corrected chi connectivity index (χ0v) is 9.60. The first-order valence-electron chi connectivity index (χ1n) is 4.38. The summed E-state index contributed by atoms with van der Waals surface area (Å²) in [4.78, 5) is 18.3. The zero-order valence-electron chi connectivity index (χ0n) is 8.09. The molecule has 0 fully saturated rings. The molecular formula is C8H9Cl2F2N3O. The van der Waals surface area contributed by atoms with Gasteiger partial charge in [-0.2, -0.15) is 0 Å². The molecule has 0 spiro atoms. The fraction of sp³-hybridized carbons (Fsp3) is 0.500. The largest absolute Gasteiger partial charge is 0.348 e. The number of halogens is 4. The van der Waals surface area contributed by atoms with Gasteiger partial charge in [-0.1, -0.05) is 11.6 Å². The Morgan fingerprint density at radius 3 is 2.81 bits per heavy atom. The average molecular weight is 272 g/mol. The lowest BCUT2D eigenvalue weighted by Gasteiger charge is -2.22. The number of nitrogens with zero attached hydrogens (tertiary/aromatic N) is 2. The Hall–Kier alpha value is -0.880. The molecule has 1 aromatic heterocycles. The van der Waals surface area contributed by atoms with Crippen LogP contribution in [0.25, 0.3) is 0 Å². The quantitative estimate of drug-likeness (QED) is 0.830. The van der Waals surface area contributed by atoms with Crippen LogP contribution in [-0.2, 0) is 0 Å². The Balaban J connectivity index is 3.00. The van der Waals surface area contributed by atoms with Gasteiger partial charge in [0.25, 0.3) is 12.0 Å². The van der Waals surface area contributed by atoms with Crippen molar-refractivity contribution in [2.45, 2.75) is 6.43 Å². The lowest BCUT2D eigenvalue weighted by Crippen LogP contribution is -2.33. The summed E-state index contributed by atoms with van der Waals surface area (Å²) in [5.74, 6) is 0.156. The average Bonchev–Trinajstić information content (AvgIpc) is 2.21. The van der Waals surface area contributed by atoms with Crippen LogP contribution in [0.15, 0.2) is 11.1 Å². The van der Waals surface area contributed by atoms with E-state index in [-0.39, 0.29) is 23.3 Å². The van der Waals surface area contributed by atoms with Crippen LogP contribution in [0.3, 0.4) is 0 Å². The van der Waals surface area contributed by atoms with Crippen LogP contribution in [0.4, 0.5) is 14.6 Å². The van der Waals surface area contributed by atoms with Crippen molar-refractivity contribution in [2.75, 3.05) is 23.9 Å². The monoisotopic (exact) mass is 271 g/mol. The molecule has 0 aliphatic heterocycles. The lowest BCUT2D eigenvalue weighted by atomic mass is 10.4. The number of H-pyrrole nitrogens is 1. The van der Waals surface area contributed by atoms with Crippen molar-refractivity contribution >= 4 is 29.0 Å². The van der Waals surface area contributed by atoms with E-state index in [4.69, 9.17) is 23.2 Å². The molecule has 0 bridgehead atoms. The molecule has 0 aliphatic carbocycles. The zero-order chi connectivity index (χ0) is 12.1. The van der Waals surface area contributed by atoms with Gasteiger partial charge in [-0.15, -0.1) is 11.6 Å². The van der Waals surface area contributed by atoms with E-state index in [0.717, 1.165) is 6.33 Å². The minimum Gasteiger partial charge on any atom is -0.348 e. The number of nitrogens with one attached hydrogen (secondary N) is 1. The molecule has 0 radical (unpaired) electrons. The molecule has 0 saturated heterocycles. The summed E-state index contributed by atoms with van der Waals surface area (Å²) < 4.78 is 24.6. The molecule has 0 unspecified atom stereocenters. The molecule has 90 valence electrons. The number of anilines is 1. The molecule has 0 amide bonds. The Bertz CT molecular complexity index is 399. The van der Waals surface area contributed by atoms with Crippen molar-refractivity contribution in [2.24, 2.45) is 0 Å². The van der Waals surface area contributed by atoms with Crippen LogP contribution in [0.5, 0.6) is 0 Å². The van der Waals surface area contributed by atoms with Crippen molar-refractivity contribution in [3.8, 4) is 0 Å². The smallest absolute Gasteiger partial charge is 0.271 e. The number of aromatic nitrogens is 2. The van der Waals surface area contributed by atoms with E-state index in [0.29, 0.717) is 0 Å². The predicted molar refractivity (Wildman–Crippen MR) is 58.8 cm³/mol. The van der Waals surface area contributed by atoms with Gasteiger partial charge in [-0.25, -0.2) is 13.8 Å². The topological polar surface area (TPSA) is 49.0 Å². The summed E-state index contributed by atoms with van der Waals surface area (Å²) >= 11 is 11.1. The van der Waals surface area contributed by atoms with Gasteiger partial charge in [-0.05, 0) is 0 Å². The standard InChI is InChI=1S/C8H9Cl2F2N3O/c9-1-2-15(3-5(11)12)7-6(10)8(16)14-4-13-7/h4-5H,1-3H2,(H,13,14,16). The Morgan fingerprint density at radius 1 is 1.56 bits per heavy atom. The first-order chi connectivity index (χ1) is 7.56. The van der Waals surface area contributed by atoms with Gasteiger partial charge >= 0.3 is 0 Å². The second kappa shape index (κ2) is 6.00. The van der Waals surface area contributed by atoms with Gasteiger partial charge in [0, 0.05) is 12.4 Å². The van der Waals surface area contributed by atoms with Crippen LogP contribution in [0.2, 0.25) is 5.02 Å². The third kappa shape index (κ3) is 3.31.